The van der Waals surface area contributed by atoms with Crippen LogP contribution in [-0.2, 0) is 9.53 Å². The van der Waals surface area contributed by atoms with Gasteiger partial charge in [-0.3, -0.25) is 9.59 Å². The van der Waals surface area contributed by atoms with Gasteiger partial charge >= 0.3 is 5.97 Å². The molecule has 1 aromatic rings. The highest BCUT2D eigenvalue weighted by molar-refractivity contribution is 6.13. The summed E-state index contributed by atoms with van der Waals surface area (Å²) < 4.78 is 4.65. The van der Waals surface area contributed by atoms with Crippen LogP contribution in [-0.4, -0.2) is 18.4 Å². The number of esters is 1. The summed E-state index contributed by atoms with van der Waals surface area (Å²) in [4.78, 5) is 23.3. The largest absolute Gasteiger partial charge is 0.465 e. The fraction of sp³-hybridized carbons (Fsp3) is 0.250. The average Bonchev–Trinajstić information content (AvgIpc) is 2.30. The number of rotatable bonds is 4. The number of Topliss-reactive ketones (excluding diaryl/α,β-unsaturated/α-hetero) is 1. The Kier molecular flexibility index (Phi) is 4.23. The predicted molar refractivity (Wildman–Crippen MR) is 60.9 cm³/mol. The Bertz CT molecular complexity index is 477. The van der Waals surface area contributed by atoms with Gasteiger partial charge in [0.25, 0.3) is 0 Å². The zero-order valence-electron chi connectivity index (χ0n) is 9.34. The highest BCUT2D eigenvalue weighted by atomic mass is 16.5. The molecular weight excluding hydrogens is 220 g/mol. The van der Waals surface area contributed by atoms with Crippen LogP contribution < -0.4 is 5.73 Å². The smallest absolute Gasteiger partial charge is 0.331 e. The molecule has 0 fully saturated rings. The van der Waals surface area contributed by atoms with E-state index in [1.807, 2.05) is 0 Å². The summed E-state index contributed by atoms with van der Waals surface area (Å²) in [5.41, 5.74) is 6.00. The van der Waals surface area contributed by atoms with E-state index in [4.69, 9.17) is 11.0 Å². The minimum atomic E-state index is -1.46. The molecule has 1 rings (SSSR count). The van der Waals surface area contributed by atoms with Gasteiger partial charge in [0.2, 0.25) is 5.92 Å². The number of ketones is 1. The summed E-state index contributed by atoms with van der Waals surface area (Å²) in [6.07, 6.45) is 0. The molecule has 0 heterocycles. The summed E-state index contributed by atoms with van der Waals surface area (Å²) >= 11 is 0. The molecule has 0 spiro atoms. The highest BCUT2D eigenvalue weighted by Crippen LogP contribution is 2.16. The second-order valence-corrected chi connectivity index (χ2v) is 3.27. The molecule has 0 bridgehead atoms. The van der Waals surface area contributed by atoms with Gasteiger partial charge in [0.05, 0.1) is 12.7 Å². The second kappa shape index (κ2) is 5.66. The SMILES string of the molecule is CCOC(=O)C(C#N)C(=O)c1ccccc1N. The Hall–Kier alpha value is -2.35. The Morgan fingerprint density at radius 1 is 1.47 bits per heavy atom. The Morgan fingerprint density at radius 2 is 2.12 bits per heavy atom. The molecule has 88 valence electrons. The molecule has 17 heavy (non-hydrogen) atoms. The molecule has 5 heteroatoms. The topological polar surface area (TPSA) is 93.2 Å². The van der Waals surface area contributed by atoms with Gasteiger partial charge in [0.1, 0.15) is 0 Å². The van der Waals surface area contributed by atoms with E-state index in [0.717, 1.165) is 0 Å². The van der Waals surface area contributed by atoms with Crippen molar-refractivity contribution in [1.29, 1.82) is 5.26 Å². The van der Waals surface area contributed by atoms with Gasteiger partial charge in [0.15, 0.2) is 5.78 Å². The number of nitriles is 1. The van der Waals surface area contributed by atoms with Crippen molar-refractivity contribution in [3.05, 3.63) is 29.8 Å². The van der Waals surface area contributed by atoms with Crippen LogP contribution in [0.4, 0.5) is 5.69 Å². The van der Waals surface area contributed by atoms with Gasteiger partial charge in [0, 0.05) is 11.3 Å². The first kappa shape index (κ1) is 12.7. The Balaban J connectivity index is 3.00. The molecule has 0 amide bonds. The number of hydrogen-bond donors (Lipinski definition) is 1. The first-order chi connectivity index (χ1) is 8.11. The van der Waals surface area contributed by atoms with Crippen LogP contribution in [0.3, 0.4) is 0 Å². The fourth-order valence-corrected chi connectivity index (χ4v) is 1.32. The van der Waals surface area contributed by atoms with Crippen molar-refractivity contribution in [3.8, 4) is 6.07 Å². The van der Waals surface area contributed by atoms with E-state index in [0.29, 0.717) is 0 Å². The van der Waals surface area contributed by atoms with Crippen LogP contribution in [0.1, 0.15) is 17.3 Å². The van der Waals surface area contributed by atoms with E-state index in [1.54, 1.807) is 25.1 Å². The highest BCUT2D eigenvalue weighted by Gasteiger charge is 2.29. The third-order valence-corrected chi connectivity index (χ3v) is 2.14. The average molecular weight is 232 g/mol. The molecule has 0 aromatic heterocycles. The van der Waals surface area contributed by atoms with Gasteiger partial charge in [-0.2, -0.15) is 5.26 Å². The molecule has 0 aliphatic heterocycles. The molecule has 2 N–H and O–H groups in total. The molecule has 1 unspecified atom stereocenters. The van der Waals surface area contributed by atoms with Crippen LogP contribution in [0.5, 0.6) is 0 Å². The molecule has 0 aliphatic carbocycles. The van der Waals surface area contributed by atoms with Gasteiger partial charge < -0.3 is 10.5 Å². The molecule has 1 atom stereocenters. The maximum Gasteiger partial charge on any atom is 0.331 e. The number of benzene rings is 1. The molecule has 0 saturated carbocycles. The van der Waals surface area contributed by atoms with Crippen molar-refractivity contribution in [3.63, 3.8) is 0 Å². The summed E-state index contributed by atoms with van der Waals surface area (Å²) in [5.74, 6) is -2.94. The van der Waals surface area contributed by atoms with E-state index in [9.17, 15) is 9.59 Å². The van der Waals surface area contributed by atoms with Crippen molar-refractivity contribution in [2.24, 2.45) is 5.92 Å². The Labute approximate surface area is 98.8 Å². The second-order valence-electron chi connectivity index (χ2n) is 3.27. The summed E-state index contributed by atoms with van der Waals surface area (Å²) in [5, 5.41) is 8.83. The molecule has 0 saturated heterocycles. The van der Waals surface area contributed by atoms with Crippen molar-refractivity contribution in [2.75, 3.05) is 12.3 Å². The zero-order chi connectivity index (χ0) is 12.8. The van der Waals surface area contributed by atoms with E-state index in [1.165, 1.54) is 12.1 Å². The number of nitrogens with two attached hydrogens (primary N) is 1. The fourth-order valence-electron chi connectivity index (χ4n) is 1.32. The lowest BCUT2D eigenvalue weighted by atomic mass is 9.98. The molecule has 1 aromatic carbocycles. The van der Waals surface area contributed by atoms with Gasteiger partial charge in [-0.15, -0.1) is 0 Å². The standard InChI is InChI=1S/C12H12N2O3/c1-2-17-12(16)9(7-13)11(15)8-5-3-4-6-10(8)14/h3-6,9H,2,14H2,1H3. The van der Waals surface area contributed by atoms with Crippen LogP contribution in [0.2, 0.25) is 0 Å². The lowest BCUT2D eigenvalue weighted by Crippen LogP contribution is -2.25. The molecule has 0 aliphatic rings. The first-order valence-electron chi connectivity index (χ1n) is 5.06. The van der Waals surface area contributed by atoms with E-state index in [-0.39, 0.29) is 17.9 Å². The van der Waals surface area contributed by atoms with Crippen molar-refractivity contribution >= 4 is 17.4 Å². The number of anilines is 1. The third-order valence-electron chi connectivity index (χ3n) is 2.14. The molecule has 5 nitrogen and oxygen atoms in total. The van der Waals surface area contributed by atoms with Crippen molar-refractivity contribution in [2.45, 2.75) is 6.92 Å². The quantitative estimate of drug-likeness (QED) is 0.364. The molecule has 0 radical (unpaired) electrons. The third kappa shape index (κ3) is 2.82. The van der Waals surface area contributed by atoms with Crippen molar-refractivity contribution < 1.29 is 14.3 Å². The number of ether oxygens (including phenoxy) is 1. The summed E-state index contributed by atoms with van der Waals surface area (Å²) in [6.45, 7) is 1.72. The monoisotopic (exact) mass is 232 g/mol. The normalized spacial score (nSPS) is 11.3. The van der Waals surface area contributed by atoms with Gasteiger partial charge in [-0.05, 0) is 19.1 Å². The lowest BCUT2D eigenvalue weighted by Gasteiger charge is -2.08. The van der Waals surface area contributed by atoms with Crippen molar-refractivity contribution in [1.82, 2.24) is 0 Å². The Morgan fingerprint density at radius 3 is 2.65 bits per heavy atom. The number of carbonyl (C=O) groups is 2. The maximum absolute atomic E-state index is 11.9. The number of para-hydroxylation sites is 1. The van der Waals surface area contributed by atoms with E-state index < -0.39 is 17.7 Å². The van der Waals surface area contributed by atoms with Crippen LogP contribution in [0, 0.1) is 17.2 Å². The van der Waals surface area contributed by atoms with E-state index in [2.05, 4.69) is 4.74 Å². The lowest BCUT2D eigenvalue weighted by molar-refractivity contribution is -0.144. The zero-order valence-corrected chi connectivity index (χ0v) is 9.34. The minimum Gasteiger partial charge on any atom is -0.465 e. The number of nitrogens with zero attached hydrogens (tertiary/aromatic N) is 1. The number of nitrogen functional groups attached to an aromatic ring is 1. The number of hydrogen-bond acceptors (Lipinski definition) is 5. The first-order valence-corrected chi connectivity index (χ1v) is 5.06. The molecular formula is C12H12N2O3. The van der Waals surface area contributed by atoms with E-state index >= 15 is 0 Å². The van der Waals surface area contributed by atoms with Crippen LogP contribution in [0.15, 0.2) is 24.3 Å². The minimum absolute atomic E-state index is 0.120. The number of carbonyl (C=O) groups excluding carboxylic acids is 2. The van der Waals surface area contributed by atoms with Gasteiger partial charge in [-0.25, -0.2) is 0 Å². The van der Waals surface area contributed by atoms with Crippen LogP contribution >= 0.6 is 0 Å². The predicted octanol–water partition coefficient (Wildman–Crippen LogP) is 1.15. The van der Waals surface area contributed by atoms with Gasteiger partial charge in [-0.1, -0.05) is 12.1 Å². The maximum atomic E-state index is 11.9. The summed E-state index contributed by atoms with van der Waals surface area (Å²) in [7, 11) is 0. The summed E-state index contributed by atoms with van der Waals surface area (Å²) in [6, 6.07) is 7.92. The van der Waals surface area contributed by atoms with Crippen LogP contribution in [0.25, 0.3) is 0 Å².